The van der Waals surface area contributed by atoms with Crippen molar-refractivity contribution in [3.63, 3.8) is 0 Å². The smallest absolute Gasteiger partial charge is 0.272 e. The molecule has 0 radical (unpaired) electrons. The van der Waals surface area contributed by atoms with Gasteiger partial charge in [-0.3, -0.25) is 10.2 Å². The van der Waals surface area contributed by atoms with Gasteiger partial charge < -0.3 is 10.8 Å². The van der Waals surface area contributed by atoms with Gasteiger partial charge in [0.15, 0.2) is 10.7 Å². The summed E-state index contributed by atoms with van der Waals surface area (Å²) in [6.45, 7) is 0. The second-order valence-corrected chi connectivity index (χ2v) is 7.12. The van der Waals surface area contributed by atoms with Gasteiger partial charge in [-0.15, -0.1) is 10.2 Å². The molecule has 1 aromatic heterocycles. The molecule has 0 fully saturated rings. The highest BCUT2D eigenvalue weighted by molar-refractivity contribution is 7.18. The molecule has 3 aromatic rings. The van der Waals surface area contributed by atoms with Crippen molar-refractivity contribution in [3.8, 4) is 5.88 Å². The van der Waals surface area contributed by atoms with E-state index in [-0.39, 0.29) is 15.7 Å². The number of rotatable bonds is 6. The minimum Gasteiger partial charge on any atom is -0.491 e. The summed E-state index contributed by atoms with van der Waals surface area (Å²) in [5.74, 6) is -1.23. The van der Waals surface area contributed by atoms with Gasteiger partial charge in [-0.05, 0) is 36.4 Å². The second kappa shape index (κ2) is 8.79. The molecule has 8 nitrogen and oxygen atoms in total. The quantitative estimate of drug-likeness (QED) is 0.290. The molecule has 0 saturated heterocycles. The number of hydrogen-bond acceptors (Lipinski definition) is 8. The molecule has 4 N–H and O–H groups in total. The molecule has 142 valence electrons. The van der Waals surface area contributed by atoms with E-state index in [4.69, 9.17) is 28.9 Å². The first-order chi connectivity index (χ1) is 13.4. The third kappa shape index (κ3) is 5.03. The van der Waals surface area contributed by atoms with E-state index in [0.717, 1.165) is 11.3 Å². The van der Waals surface area contributed by atoms with E-state index in [1.165, 1.54) is 0 Å². The Bertz CT molecular complexity index is 1080. The van der Waals surface area contributed by atoms with E-state index in [2.05, 4.69) is 25.7 Å². The SMILES string of the molecule is NC(=O)/C(=N/Nc1cccc(Cl)c1)c1nc(O)c(N=Nc2cccc(Cl)c2)s1. The fraction of sp³-hybridized carbons (Fsp3) is 0. The zero-order chi connectivity index (χ0) is 20.1. The van der Waals surface area contributed by atoms with Crippen molar-refractivity contribution in [3.05, 3.63) is 63.6 Å². The fourth-order valence-electron chi connectivity index (χ4n) is 2.00. The average molecular weight is 435 g/mol. The van der Waals surface area contributed by atoms with E-state index < -0.39 is 11.8 Å². The highest BCUT2D eigenvalue weighted by Gasteiger charge is 2.19. The topological polar surface area (TPSA) is 125 Å². The average Bonchev–Trinajstić information content (AvgIpc) is 3.00. The second-order valence-electron chi connectivity index (χ2n) is 5.27. The van der Waals surface area contributed by atoms with Crippen molar-refractivity contribution in [2.45, 2.75) is 0 Å². The van der Waals surface area contributed by atoms with Crippen LogP contribution in [0.1, 0.15) is 5.01 Å². The fourth-order valence-corrected chi connectivity index (χ4v) is 3.15. The molecule has 28 heavy (non-hydrogen) atoms. The molecule has 0 aliphatic carbocycles. The zero-order valence-electron chi connectivity index (χ0n) is 14.0. The number of hydrazone groups is 1. The molecule has 1 amide bonds. The third-order valence-corrected chi connectivity index (χ3v) is 4.62. The number of carbonyl (C=O) groups is 1. The highest BCUT2D eigenvalue weighted by atomic mass is 35.5. The van der Waals surface area contributed by atoms with Gasteiger partial charge >= 0.3 is 0 Å². The summed E-state index contributed by atoms with van der Waals surface area (Å²) in [6, 6.07) is 13.5. The lowest BCUT2D eigenvalue weighted by Crippen LogP contribution is -2.25. The number of anilines is 1. The summed E-state index contributed by atoms with van der Waals surface area (Å²) in [4.78, 5) is 15.7. The van der Waals surface area contributed by atoms with Crippen LogP contribution in [0.4, 0.5) is 16.4 Å². The largest absolute Gasteiger partial charge is 0.491 e. The lowest BCUT2D eigenvalue weighted by molar-refractivity contribution is -0.111. The van der Waals surface area contributed by atoms with Crippen LogP contribution in [0.5, 0.6) is 5.88 Å². The summed E-state index contributed by atoms with van der Waals surface area (Å²) in [6.07, 6.45) is 0. The van der Waals surface area contributed by atoms with E-state index in [1.807, 2.05) is 0 Å². The van der Waals surface area contributed by atoms with E-state index in [0.29, 0.717) is 21.4 Å². The number of benzene rings is 2. The van der Waals surface area contributed by atoms with Crippen LogP contribution in [0, 0.1) is 0 Å². The Balaban J connectivity index is 1.85. The Hall–Kier alpha value is -3.01. The number of hydrogen-bond donors (Lipinski definition) is 3. The number of aromatic hydroxyl groups is 1. The lowest BCUT2D eigenvalue weighted by Gasteiger charge is -2.02. The summed E-state index contributed by atoms with van der Waals surface area (Å²) >= 11 is 12.7. The van der Waals surface area contributed by atoms with E-state index >= 15 is 0 Å². The van der Waals surface area contributed by atoms with E-state index in [9.17, 15) is 9.90 Å². The Kier molecular flexibility index (Phi) is 6.19. The molecule has 0 bridgehead atoms. The number of carbonyl (C=O) groups excluding carboxylic acids is 1. The first kappa shape index (κ1) is 19.7. The number of nitrogens with zero attached hydrogens (tertiary/aromatic N) is 4. The Morgan fingerprint density at radius 1 is 1.11 bits per heavy atom. The van der Waals surface area contributed by atoms with Gasteiger partial charge in [-0.25, -0.2) is 0 Å². The highest BCUT2D eigenvalue weighted by Crippen LogP contribution is 2.35. The maximum atomic E-state index is 11.8. The molecule has 0 unspecified atom stereocenters. The summed E-state index contributed by atoms with van der Waals surface area (Å²) in [7, 11) is 0. The summed E-state index contributed by atoms with van der Waals surface area (Å²) in [5.41, 5.74) is 8.93. The Morgan fingerprint density at radius 2 is 1.82 bits per heavy atom. The molecular weight excluding hydrogens is 423 g/mol. The molecule has 0 saturated carbocycles. The van der Waals surface area contributed by atoms with E-state index in [1.54, 1.807) is 48.5 Å². The molecular formula is C17H12Cl2N6O2S. The van der Waals surface area contributed by atoms with Crippen molar-refractivity contribution in [1.29, 1.82) is 0 Å². The first-order valence-electron chi connectivity index (χ1n) is 7.69. The van der Waals surface area contributed by atoms with Crippen LogP contribution in [0.25, 0.3) is 0 Å². The predicted molar refractivity (Wildman–Crippen MR) is 110 cm³/mol. The van der Waals surface area contributed by atoms with Crippen molar-refractivity contribution < 1.29 is 9.90 Å². The van der Waals surface area contributed by atoms with Crippen molar-refractivity contribution in [2.24, 2.45) is 21.1 Å². The first-order valence-corrected chi connectivity index (χ1v) is 9.26. The van der Waals surface area contributed by atoms with Crippen LogP contribution in [0.15, 0.2) is 63.9 Å². The van der Waals surface area contributed by atoms with Gasteiger partial charge in [0.25, 0.3) is 11.8 Å². The van der Waals surface area contributed by atoms with Gasteiger partial charge in [0.05, 0.1) is 11.4 Å². The number of thiazole rings is 1. The van der Waals surface area contributed by atoms with Crippen molar-refractivity contribution in [2.75, 3.05) is 5.43 Å². The maximum absolute atomic E-state index is 11.8. The van der Waals surface area contributed by atoms with Gasteiger partial charge in [0, 0.05) is 10.0 Å². The number of nitrogens with one attached hydrogen (secondary N) is 1. The van der Waals surface area contributed by atoms with Crippen LogP contribution in [0.3, 0.4) is 0 Å². The monoisotopic (exact) mass is 434 g/mol. The van der Waals surface area contributed by atoms with Gasteiger partial charge in [0.1, 0.15) is 0 Å². The van der Waals surface area contributed by atoms with Gasteiger partial charge in [-0.1, -0.05) is 46.7 Å². The molecule has 0 atom stereocenters. The number of azo groups is 1. The normalized spacial score (nSPS) is 11.7. The Labute approximate surface area is 173 Å². The number of nitrogens with two attached hydrogens (primary N) is 1. The zero-order valence-corrected chi connectivity index (χ0v) is 16.3. The molecule has 0 aliphatic heterocycles. The van der Waals surface area contributed by atoms with Gasteiger partial charge in [-0.2, -0.15) is 10.1 Å². The van der Waals surface area contributed by atoms with Crippen LogP contribution in [0.2, 0.25) is 10.0 Å². The van der Waals surface area contributed by atoms with Crippen LogP contribution < -0.4 is 11.2 Å². The van der Waals surface area contributed by atoms with Crippen LogP contribution in [-0.4, -0.2) is 21.7 Å². The lowest BCUT2D eigenvalue weighted by atomic mass is 10.3. The number of primary amides is 1. The maximum Gasteiger partial charge on any atom is 0.272 e. The minimum absolute atomic E-state index is 0.0829. The van der Waals surface area contributed by atoms with Crippen molar-refractivity contribution >= 4 is 62.5 Å². The Morgan fingerprint density at radius 3 is 2.50 bits per heavy atom. The molecule has 0 spiro atoms. The standard InChI is InChI=1S/C17H12Cl2N6O2S/c18-9-3-1-5-11(7-9)22-24-13(14(20)26)16-21-15(27)17(28-16)25-23-12-6-2-4-10(19)8-12/h1-8,22,27H,(H2,20,26)/b24-13-,25-23?. The molecule has 11 heteroatoms. The minimum atomic E-state index is -0.832. The number of amides is 1. The molecule has 3 rings (SSSR count). The summed E-state index contributed by atoms with van der Waals surface area (Å²) < 4.78 is 0. The number of aromatic nitrogens is 1. The van der Waals surface area contributed by atoms with Gasteiger partial charge in [0.2, 0.25) is 5.00 Å². The van der Waals surface area contributed by atoms with Crippen molar-refractivity contribution in [1.82, 2.24) is 4.98 Å². The molecule has 2 aromatic carbocycles. The molecule has 0 aliphatic rings. The molecule has 1 heterocycles. The van der Waals surface area contributed by atoms with Crippen LogP contribution in [-0.2, 0) is 4.79 Å². The van der Waals surface area contributed by atoms with Crippen LogP contribution >= 0.6 is 34.5 Å². The predicted octanol–water partition coefficient (Wildman–Crippen LogP) is 4.87. The third-order valence-electron chi connectivity index (χ3n) is 3.21. The number of halogens is 2. The summed E-state index contributed by atoms with van der Waals surface area (Å²) in [5, 5.41) is 23.1.